The molecule has 2 N–H and O–H groups in total. The SMILES string of the molecule is CCCc1nc2ccc(C)cc2c(NS(=O)(=O)C(F)(F)F)c1Cc1ccc(-c2ccccc2-c2nn[nH]n2)cc1. The van der Waals surface area contributed by atoms with Gasteiger partial charge in [-0.2, -0.15) is 26.8 Å². The molecule has 0 radical (unpaired) electrons. The van der Waals surface area contributed by atoms with E-state index in [9.17, 15) is 21.6 Å². The Morgan fingerprint density at radius 2 is 1.70 bits per heavy atom. The molecule has 5 rings (SSSR count). The summed E-state index contributed by atoms with van der Waals surface area (Å²) in [7, 11) is -5.67. The van der Waals surface area contributed by atoms with E-state index < -0.39 is 15.5 Å². The number of hydrogen-bond acceptors (Lipinski definition) is 6. The Hall–Kier alpha value is -4.32. The highest BCUT2D eigenvalue weighted by atomic mass is 32.2. The van der Waals surface area contributed by atoms with E-state index in [2.05, 4.69) is 20.6 Å². The maximum absolute atomic E-state index is 13.5. The highest BCUT2D eigenvalue weighted by Crippen LogP contribution is 2.36. The number of pyridine rings is 1. The van der Waals surface area contributed by atoms with Crippen LogP contribution in [0, 0.1) is 6.92 Å². The van der Waals surface area contributed by atoms with Crippen molar-refractivity contribution in [2.24, 2.45) is 0 Å². The number of anilines is 1. The van der Waals surface area contributed by atoms with Gasteiger partial charge in [0.05, 0.1) is 11.2 Å². The van der Waals surface area contributed by atoms with Crippen LogP contribution in [0.1, 0.15) is 35.7 Å². The molecule has 2 aromatic heterocycles. The molecule has 8 nitrogen and oxygen atoms in total. The fourth-order valence-corrected chi connectivity index (χ4v) is 5.24. The van der Waals surface area contributed by atoms with Crippen molar-refractivity contribution in [1.82, 2.24) is 25.6 Å². The van der Waals surface area contributed by atoms with Gasteiger partial charge in [0.1, 0.15) is 0 Å². The smallest absolute Gasteiger partial charge is 0.275 e. The highest BCUT2D eigenvalue weighted by Gasteiger charge is 2.46. The predicted molar refractivity (Wildman–Crippen MR) is 147 cm³/mol. The van der Waals surface area contributed by atoms with Crippen LogP contribution in [0.3, 0.4) is 0 Å². The van der Waals surface area contributed by atoms with Gasteiger partial charge in [0.2, 0.25) is 5.82 Å². The number of hydrogen-bond donors (Lipinski definition) is 2. The third kappa shape index (κ3) is 5.39. The molecular weight excluding hydrogens is 541 g/mol. The van der Waals surface area contributed by atoms with Gasteiger partial charge < -0.3 is 0 Å². The number of fused-ring (bicyclic) bond motifs is 1. The van der Waals surface area contributed by atoms with E-state index >= 15 is 0 Å². The summed E-state index contributed by atoms with van der Waals surface area (Å²) in [6.45, 7) is 3.71. The third-order valence-corrected chi connectivity index (χ3v) is 7.60. The van der Waals surface area contributed by atoms with E-state index in [4.69, 9.17) is 4.98 Å². The molecule has 12 heteroatoms. The van der Waals surface area contributed by atoms with E-state index in [-0.39, 0.29) is 12.1 Å². The molecule has 40 heavy (non-hydrogen) atoms. The predicted octanol–water partition coefficient (Wildman–Crippen LogP) is 6.20. The first-order valence-corrected chi connectivity index (χ1v) is 14.0. The molecule has 0 fully saturated rings. The van der Waals surface area contributed by atoms with Crippen molar-refractivity contribution in [2.75, 3.05) is 4.72 Å². The van der Waals surface area contributed by atoms with Gasteiger partial charge in [0, 0.05) is 28.6 Å². The zero-order valence-electron chi connectivity index (χ0n) is 21.6. The van der Waals surface area contributed by atoms with Crippen molar-refractivity contribution >= 4 is 26.6 Å². The quantitative estimate of drug-likeness (QED) is 0.231. The number of benzene rings is 3. The van der Waals surface area contributed by atoms with Crippen LogP contribution in [0.25, 0.3) is 33.4 Å². The monoisotopic (exact) mass is 566 g/mol. The Morgan fingerprint density at radius 1 is 0.975 bits per heavy atom. The van der Waals surface area contributed by atoms with Crippen molar-refractivity contribution in [3.63, 3.8) is 0 Å². The standard InChI is InChI=1S/C28H25F3N6O2S/c1-3-6-24-23(26(35-40(38,39)28(29,30)31)22-15-17(2)9-14-25(22)32-24)16-18-10-12-19(13-11-18)20-7-4-5-8-21(20)27-33-36-37-34-27/h4-5,7-15H,3,6,16H2,1-2H3,(H,32,35)(H,33,34,36,37). The van der Waals surface area contributed by atoms with Gasteiger partial charge in [-0.05, 0) is 47.4 Å². The zero-order chi connectivity index (χ0) is 28.5. The molecule has 0 unspecified atom stereocenters. The third-order valence-electron chi connectivity index (χ3n) is 6.51. The van der Waals surface area contributed by atoms with E-state index in [1.165, 1.54) is 0 Å². The molecule has 0 bridgehead atoms. The van der Waals surface area contributed by atoms with Crippen LogP contribution in [0.5, 0.6) is 0 Å². The maximum atomic E-state index is 13.5. The Morgan fingerprint density at radius 3 is 2.35 bits per heavy atom. The van der Waals surface area contributed by atoms with Crippen LogP contribution in [-0.2, 0) is 22.9 Å². The maximum Gasteiger partial charge on any atom is 0.516 e. The van der Waals surface area contributed by atoms with Crippen LogP contribution in [0.2, 0.25) is 0 Å². The van der Waals surface area contributed by atoms with E-state index in [1.54, 1.807) is 25.1 Å². The minimum Gasteiger partial charge on any atom is -0.275 e. The molecular formula is C28H25F3N6O2S. The summed E-state index contributed by atoms with van der Waals surface area (Å²) in [5, 5.41) is 14.5. The lowest BCUT2D eigenvalue weighted by atomic mass is 9.94. The first-order chi connectivity index (χ1) is 19.1. The first-order valence-electron chi connectivity index (χ1n) is 12.5. The number of nitrogens with zero attached hydrogens (tertiary/aromatic N) is 4. The van der Waals surface area contributed by atoms with Crippen molar-refractivity contribution in [3.8, 4) is 22.5 Å². The number of tetrazole rings is 1. The largest absolute Gasteiger partial charge is 0.516 e. The van der Waals surface area contributed by atoms with Crippen LogP contribution in [0.15, 0.2) is 66.7 Å². The van der Waals surface area contributed by atoms with Crippen LogP contribution < -0.4 is 4.72 Å². The number of halogens is 3. The average Bonchev–Trinajstić information content (AvgIpc) is 3.46. The fraction of sp³-hybridized carbons (Fsp3) is 0.214. The zero-order valence-corrected chi connectivity index (χ0v) is 22.4. The van der Waals surface area contributed by atoms with Gasteiger partial charge in [-0.1, -0.05) is 73.5 Å². The summed E-state index contributed by atoms with van der Waals surface area (Å²) in [5.74, 6) is 0.447. The van der Waals surface area contributed by atoms with Gasteiger partial charge in [0.15, 0.2) is 0 Å². The molecule has 0 aliphatic carbocycles. The van der Waals surface area contributed by atoms with Crippen molar-refractivity contribution in [2.45, 2.75) is 38.6 Å². The summed E-state index contributed by atoms with van der Waals surface area (Å²) in [6, 6.07) is 20.2. The Balaban J connectivity index is 1.60. The normalized spacial score (nSPS) is 12.1. The van der Waals surface area contributed by atoms with Crippen molar-refractivity contribution in [1.29, 1.82) is 0 Å². The summed E-state index contributed by atoms with van der Waals surface area (Å²) in [6.07, 6.45) is 1.32. The number of H-pyrrole nitrogens is 1. The molecule has 0 aliphatic rings. The van der Waals surface area contributed by atoms with Crippen molar-refractivity contribution in [3.05, 3.63) is 89.1 Å². The minimum atomic E-state index is -5.67. The molecule has 0 saturated carbocycles. The minimum absolute atomic E-state index is 0.0963. The first kappa shape index (κ1) is 27.3. The molecule has 3 aromatic carbocycles. The molecule has 0 spiro atoms. The number of sulfonamides is 1. The van der Waals surface area contributed by atoms with E-state index in [0.717, 1.165) is 27.8 Å². The van der Waals surface area contributed by atoms with E-state index in [1.807, 2.05) is 60.2 Å². The van der Waals surface area contributed by atoms with Crippen LogP contribution in [0.4, 0.5) is 18.9 Å². The number of nitrogens with one attached hydrogen (secondary N) is 2. The molecule has 0 aliphatic heterocycles. The van der Waals surface area contributed by atoms with Crippen molar-refractivity contribution < 1.29 is 21.6 Å². The van der Waals surface area contributed by atoms with Gasteiger partial charge in [0.25, 0.3) is 0 Å². The van der Waals surface area contributed by atoms with Crippen LogP contribution in [-0.4, -0.2) is 39.5 Å². The highest BCUT2D eigenvalue weighted by molar-refractivity contribution is 7.93. The lowest BCUT2D eigenvalue weighted by molar-refractivity contribution is -0.0429. The lowest BCUT2D eigenvalue weighted by Gasteiger charge is -2.20. The molecule has 2 heterocycles. The van der Waals surface area contributed by atoms with Gasteiger partial charge >= 0.3 is 15.5 Å². The fourth-order valence-electron chi connectivity index (χ4n) is 4.62. The summed E-state index contributed by atoms with van der Waals surface area (Å²) in [5.41, 5.74) is -0.105. The van der Waals surface area contributed by atoms with Gasteiger partial charge in [-0.3, -0.25) is 9.71 Å². The summed E-state index contributed by atoms with van der Waals surface area (Å²) < 4.78 is 66.8. The topological polar surface area (TPSA) is 114 Å². The van der Waals surface area contributed by atoms with E-state index in [0.29, 0.717) is 40.8 Å². The van der Waals surface area contributed by atoms with Gasteiger partial charge in [-0.25, -0.2) is 0 Å². The Labute approximate surface area is 228 Å². The molecule has 0 amide bonds. The number of aryl methyl sites for hydroxylation is 2. The molecule has 0 saturated heterocycles. The lowest BCUT2D eigenvalue weighted by Crippen LogP contribution is -2.30. The van der Waals surface area contributed by atoms with Gasteiger partial charge in [-0.15, -0.1) is 10.2 Å². The summed E-state index contributed by atoms with van der Waals surface area (Å²) in [4.78, 5) is 4.72. The number of alkyl halides is 3. The second kappa shape index (κ2) is 10.7. The number of aromatic nitrogens is 5. The average molecular weight is 567 g/mol. The molecule has 206 valence electrons. The molecule has 0 atom stereocenters. The number of rotatable bonds is 8. The summed E-state index contributed by atoms with van der Waals surface area (Å²) >= 11 is 0. The number of aromatic amines is 1. The second-order valence-electron chi connectivity index (χ2n) is 9.39. The second-order valence-corrected chi connectivity index (χ2v) is 11.1. The Kier molecular flexibility index (Phi) is 7.28. The Bertz CT molecular complexity index is 1770. The molecule has 5 aromatic rings. The van der Waals surface area contributed by atoms with Crippen LogP contribution >= 0.6 is 0 Å².